The lowest BCUT2D eigenvalue weighted by molar-refractivity contribution is 0.279. The first-order valence-electron chi connectivity index (χ1n) is 9.26. The predicted octanol–water partition coefficient (Wildman–Crippen LogP) is 5.78. The zero-order valence-corrected chi connectivity index (χ0v) is 19.6. The van der Waals surface area contributed by atoms with E-state index in [1.807, 2.05) is 6.07 Å². The number of nitrogens with zero attached hydrogens (tertiary/aromatic N) is 2. The van der Waals surface area contributed by atoms with Crippen LogP contribution in [0.25, 0.3) is 0 Å². The number of nitrogens with one attached hydrogen (secondary N) is 2. The Labute approximate surface area is 192 Å². The van der Waals surface area contributed by atoms with E-state index in [-0.39, 0.29) is 6.61 Å². The molecule has 0 atom stereocenters. The van der Waals surface area contributed by atoms with Crippen molar-refractivity contribution in [3.05, 3.63) is 67.4 Å². The Morgan fingerprint density at radius 2 is 2.13 bits per heavy atom. The maximum Gasteiger partial charge on any atom is 0.214 e. The van der Waals surface area contributed by atoms with Crippen LogP contribution in [0.5, 0.6) is 11.5 Å². The third kappa shape index (κ3) is 5.14. The Balaban J connectivity index is 1.77. The monoisotopic (exact) mass is 514 g/mol. The van der Waals surface area contributed by atoms with Crippen molar-refractivity contribution in [2.75, 3.05) is 12.5 Å². The summed E-state index contributed by atoms with van der Waals surface area (Å²) in [6.45, 7) is 2.54. The number of rotatable bonds is 9. The van der Waals surface area contributed by atoms with E-state index in [1.165, 1.54) is 6.07 Å². The number of aryl methyl sites for hydroxylation is 1. The molecule has 10 heteroatoms. The van der Waals surface area contributed by atoms with E-state index in [0.717, 1.165) is 28.7 Å². The van der Waals surface area contributed by atoms with Gasteiger partial charge in [-0.25, -0.2) is 9.07 Å². The van der Waals surface area contributed by atoms with Crippen LogP contribution in [0.4, 0.5) is 4.39 Å². The van der Waals surface area contributed by atoms with Crippen LogP contribution in [-0.4, -0.2) is 22.0 Å². The molecular weight excluding hydrogens is 495 g/mol. The smallest absolute Gasteiger partial charge is 0.214 e. The summed E-state index contributed by atoms with van der Waals surface area (Å²) < 4.78 is 28.3. The van der Waals surface area contributed by atoms with E-state index in [2.05, 4.69) is 38.5 Å². The van der Waals surface area contributed by atoms with Crippen molar-refractivity contribution >= 4 is 39.7 Å². The molecule has 0 fully saturated rings. The van der Waals surface area contributed by atoms with E-state index in [0.29, 0.717) is 33.4 Å². The van der Waals surface area contributed by atoms with Crippen LogP contribution in [0, 0.1) is 10.6 Å². The molecule has 1 aromatic heterocycles. The molecule has 2 N–H and O–H groups in total. The lowest BCUT2D eigenvalue weighted by atomic mass is 10.2. The predicted molar refractivity (Wildman–Crippen MR) is 121 cm³/mol. The quantitative estimate of drug-likeness (QED) is 0.354. The summed E-state index contributed by atoms with van der Waals surface area (Å²) in [4.78, 5) is 0. The van der Waals surface area contributed by atoms with E-state index < -0.39 is 5.82 Å². The van der Waals surface area contributed by atoms with Crippen molar-refractivity contribution in [1.29, 1.82) is 0 Å². The average Bonchev–Trinajstić information content (AvgIpc) is 3.06. The van der Waals surface area contributed by atoms with E-state index in [4.69, 9.17) is 33.3 Å². The van der Waals surface area contributed by atoms with Crippen molar-refractivity contribution in [3.63, 3.8) is 0 Å². The second-order valence-electron chi connectivity index (χ2n) is 6.45. The fourth-order valence-corrected chi connectivity index (χ4v) is 3.75. The average molecular weight is 516 g/mol. The van der Waals surface area contributed by atoms with Gasteiger partial charge in [0, 0.05) is 16.5 Å². The Kier molecular flexibility index (Phi) is 7.74. The van der Waals surface area contributed by atoms with Gasteiger partial charge in [0.2, 0.25) is 4.77 Å². The molecule has 2 aromatic carbocycles. The highest BCUT2D eigenvalue weighted by atomic mass is 79.9. The van der Waals surface area contributed by atoms with Crippen LogP contribution in [0.15, 0.2) is 34.8 Å². The Morgan fingerprint density at radius 1 is 1.33 bits per heavy atom. The Hall–Kier alpha value is -2.10. The lowest BCUT2D eigenvalue weighted by Crippen LogP contribution is -2.18. The number of aromatic nitrogens is 3. The van der Waals surface area contributed by atoms with Crippen LogP contribution in [0.2, 0.25) is 5.02 Å². The van der Waals surface area contributed by atoms with E-state index in [1.54, 1.807) is 30.0 Å². The molecule has 0 spiro atoms. The first-order valence-corrected chi connectivity index (χ1v) is 10.8. The van der Waals surface area contributed by atoms with Gasteiger partial charge in [-0.15, -0.1) is 0 Å². The number of benzene rings is 2. The highest BCUT2D eigenvalue weighted by Crippen LogP contribution is 2.35. The standard InChI is InChI=1S/C20H21BrClFN4O2S/c1-3-5-19-25-26-20(30)27(19)24-10-12-8-17(28-2)18(9-14(12)21)29-11-13-15(22)6-4-7-16(13)23/h4,6-9,24H,3,5,10-11H2,1-2H3,(H,26,30). The molecule has 0 saturated carbocycles. The van der Waals surface area contributed by atoms with Gasteiger partial charge in [-0.05, 0) is 48.5 Å². The summed E-state index contributed by atoms with van der Waals surface area (Å²) in [5.41, 5.74) is 4.49. The fourth-order valence-electron chi connectivity index (χ4n) is 2.85. The molecule has 0 aliphatic rings. The van der Waals surface area contributed by atoms with Crippen LogP contribution in [0.3, 0.4) is 0 Å². The minimum atomic E-state index is -0.416. The molecule has 3 rings (SSSR count). The summed E-state index contributed by atoms with van der Waals surface area (Å²) in [6.07, 6.45) is 1.76. The molecule has 0 aliphatic heterocycles. The molecule has 0 amide bonds. The molecule has 0 radical (unpaired) electrons. The van der Waals surface area contributed by atoms with Crippen molar-refractivity contribution in [2.45, 2.75) is 32.9 Å². The van der Waals surface area contributed by atoms with Gasteiger partial charge >= 0.3 is 0 Å². The zero-order valence-electron chi connectivity index (χ0n) is 16.5. The number of H-pyrrole nitrogens is 1. The van der Waals surface area contributed by atoms with Gasteiger partial charge in [0.1, 0.15) is 12.4 Å². The van der Waals surface area contributed by atoms with Gasteiger partial charge < -0.3 is 14.9 Å². The number of ether oxygens (including phenoxy) is 2. The SMILES string of the molecule is CCCc1n[nH]c(=S)n1NCc1cc(OC)c(OCc2c(F)cccc2Cl)cc1Br. The Morgan fingerprint density at radius 3 is 2.83 bits per heavy atom. The van der Waals surface area contributed by atoms with Crippen LogP contribution in [0.1, 0.15) is 30.3 Å². The van der Waals surface area contributed by atoms with Gasteiger partial charge in [0.15, 0.2) is 17.3 Å². The summed E-state index contributed by atoms with van der Waals surface area (Å²) in [7, 11) is 1.55. The third-order valence-corrected chi connectivity index (χ3v) is 5.78. The molecular formula is C20H21BrClFN4O2S. The van der Waals surface area contributed by atoms with Crippen molar-refractivity contribution < 1.29 is 13.9 Å². The highest BCUT2D eigenvalue weighted by Gasteiger charge is 2.14. The van der Waals surface area contributed by atoms with E-state index >= 15 is 0 Å². The number of hydrogen-bond acceptors (Lipinski definition) is 5. The summed E-state index contributed by atoms with van der Waals surface area (Å²) in [5, 5.41) is 7.36. The highest BCUT2D eigenvalue weighted by molar-refractivity contribution is 9.10. The third-order valence-electron chi connectivity index (χ3n) is 4.41. The van der Waals surface area contributed by atoms with Crippen LogP contribution in [-0.2, 0) is 19.6 Å². The largest absolute Gasteiger partial charge is 0.493 e. The minimum Gasteiger partial charge on any atom is -0.493 e. The molecule has 0 aliphatic carbocycles. The molecule has 160 valence electrons. The van der Waals surface area contributed by atoms with Crippen LogP contribution >= 0.6 is 39.7 Å². The first kappa shape index (κ1) is 22.6. The molecule has 0 saturated heterocycles. The lowest BCUT2D eigenvalue weighted by Gasteiger charge is -2.16. The second-order valence-corrected chi connectivity index (χ2v) is 8.10. The Bertz CT molecular complexity index is 1070. The fraction of sp³-hybridized carbons (Fsp3) is 0.300. The summed E-state index contributed by atoms with van der Waals surface area (Å²) in [6, 6.07) is 8.16. The van der Waals surface area contributed by atoms with Gasteiger partial charge in [0.05, 0.1) is 18.7 Å². The molecule has 3 aromatic rings. The number of methoxy groups -OCH3 is 1. The van der Waals surface area contributed by atoms with Crippen molar-refractivity contribution in [1.82, 2.24) is 14.9 Å². The minimum absolute atomic E-state index is 0.0174. The molecule has 6 nitrogen and oxygen atoms in total. The number of hydrogen-bond donors (Lipinski definition) is 2. The molecule has 30 heavy (non-hydrogen) atoms. The molecule has 0 unspecified atom stereocenters. The van der Waals surface area contributed by atoms with Gasteiger partial charge in [0.25, 0.3) is 0 Å². The van der Waals surface area contributed by atoms with Crippen LogP contribution < -0.4 is 14.9 Å². The molecule has 1 heterocycles. The van der Waals surface area contributed by atoms with Gasteiger partial charge in [-0.2, -0.15) is 5.10 Å². The summed E-state index contributed by atoms with van der Waals surface area (Å²) >= 11 is 14.9. The summed E-state index contributed by atoms with van der Waals surface area (Å²) in [5.74, 6) is 1.42. The normalized spacial score (nSPS) is 10.8. The van der Waals surface area contributed by atoms with Crippen molar-refractivity contribution in [3.8, 4) is 11.5 Å². The van der Waals surface area contributed by atoms with E-state index in [9.17, 15) is 4.39 Å². The number of halogens is 3. The molecule has 0 bridgehead atoms. The van der Waals surface area contributed by atoms with Crippen molar-refractivity contribution in [2.24, 2.45) is 0 Å². The second kappa shape index (κ2) is 10.3. The topological polar surface area (TPSA) is 64.1 Å². The number of aromatic amines is 1. The zero-order chi connectivity index (χ0) is 21.7. The van der Waals surface area contributed by atoms with Gasteiger partial charge in [-0.1, -0.05) is 40.5 Å². The maximum atomic E-state index is 14.0. The first-order chi connectivity index (χ1) is 14.4. The van der Waals surface area contributed by atoms with Gasteiger partial charge in [-0.3, -0.25) is 5.10 Å². The maximum absolute atomic E-state index is 14.0.